The molecule has 0 aromatic heterocycles. The van der Waals surface area contributed by atoms with Gasteiger partial charge in [-0.1, -0.05) is 12.1 Å². The summed E-state index contributed by atoms with van der Waals surface area (Å²) in [4.78, 5) is 22.2. The van der Waals surface area contributed by atoms with E-state index in [1.807, 2.05) is 37.2 Å². The number of nitrogens with zero attached hydrogens (tertiary/aromatic N) is 3. The monoisotopic (exact) mass is 289 g/mol. The number of carbonyl (C=O) groups is 1. The average Bonchev–Trinajstić information content (AvgIpc) is 2.72. The van der Waals surface area contributed by atoms with Crippen LogP contribution in [0.15, 0.2) is 34.2 Å². The molecule has 20 heavy (non-hydrogen) atoms. The molecule has 5 heteroatoms. The molecular weight excluding hydrogens is 270 g/mol. The SMILES string of the molecule is C[C@H](CN1C(=O)C[C@@H]2Sc3ccccc3N=C21)N(C)C. The minimum Gasteiger partial charge on any atom is -0.305 e. The van der Waals surface area contributed by atoms with E-state index in [0.717, 1.165) is 11.5 Å². The van der Waals surface area contributed by atoms with Crippen molar-refractivity contribution in [1.29, 1.82) is 0 Å². The van der Waals surface area contributed by atoms with Crippen LogP contribution in [-0.2, 0) is 4.79 Å². The fourth-order valence-corrected chi connectivity index (χ4v) is 3.65. The van der Waals surface area contributed by atoms with Crippen LogP contribution in [0.5, 0.6) is 0 Å². The Kier molecular flexibility index (Phi) is 3.56. The van der Waals surface area contributed by atoms with E-state index in [-0.39, 0.29) is 11.2 Å². The normalized spacial score (nSPS) is 22.6. The molecule has 2 heterocycles. The fraction of sp³-hybridized carbons (Fsp3) is 0.467. The van der Waals surface area contributed by atoms with Gasteiger partial charge in [0.1, 0.15) is 5.84 Å². The van der Waals surface area contributed by atoms with Gasteiger partial charge in [0.25, 0.3) is 0 Å². The van der Waals surface area contributed by atoms with Crippen LogP contribution in [0.4, 0.5) is 5.69 Å². The van der Waals surface area contributed by atoms with Gasteiger partial charge in [-0.25, -0.2) is 4.99 Å². The molecule has 1 fully saturated rings. The molecule has 3 rings (SSSR count). The average molecular weight is 289 g/mol. The van der Waals surface area contributed by atoms with E-state index in [0.29, 0.717) is 19.0 Å². The molecular formula is C15H19N3OS. The van der Waals surface area contributed by atoms with Gasteiger partial charge >= 0.3 is 0 Å². The number of benzene rings is 1. The van der Waals surface area contributed by atoms with Gasteiger partial charge in [-0.3, -0.25) is 9.69 Å². The Hall–Kier alpha value is -1.33. The van der Waals surface area contributed by atoms with E-state index in [1.165, 1.54) is 4.90 Å². The third-order valence-corrected chi connectivity index (χ3v) is 5.18. The summed E-state index contributed by atoms with van der Waals surface area (Å²) in [6.45, 7) is 2.84. The summed E-state index contributed by atoms with van der Waals surface area (Å²) in [6.07, 6.45) is 0.567. The molecule has 0 saturated carbocycles. The van der Waals surface area contributed by atoms with E-state index in [4.69, 9.17) is 4.99 Å². The lowest BCUT2D eigenvalue weighted by Crippen LogP contribution is -2.42. The van der Waals surface area contributed by atoms with E-state index in [2.05, 4.69) is 17.9 Å². The number of aliphatic imine (C=N–C) groups is 1. The van der Waals surface area contributed by atoms with Gasteiger partial charge in [0.2, 0.25) is 5.91 Å². The lowest BCUT2D eigenvalue weighted by Gasteiger charge is -2.28. The van der Waals surface area contributed by atoms with Crippen molar-refractivity contribution in [2.45, 2.75) is 29.5 Å². The molecule has 0 radical (unpaired) electrons. The Morgan fingerprint density at radius 2 is 2.20 bits per heavy atom. The molecule has 2 aliphatic heterocycles. The number of carbonyl (C=O) groups excluding carboxylic acids is 1. The predicted octanol–water partition coefficient (Wildman–Crippen LogP) is 2.37. The minimum atomic E-state index is 0.187. The van der Waals surface area contributed by atoms with Crippen LogP contribution < -0.4 is 0 Å². The molecule has 1 aromatic carbocycles. The zero-order valence-electron chi connectivity index (χ0n) is 12.0. The number of para-hydroxylation sites is 1. The summed E-state index contributed by atoms with van der Waals surface area (Å²) in [5.74, 6) is 1.13. The van der Waals surface area contributed by atoms with Gasteiger partial charge in [0, 0.05) is 23.9 Å². The van der Waals surface area contributed by atoms with Crippen molar-refractivity contribution in [3.8, 4) is 0 Å². The van der Waals surface area contributed by atoms with Crippen LogP contribution >= 0.6 is 11.8 Å². The number of likely N-dealkylation sites (tertiary alicyclic amines) is 1. The first kappa shape index (κ1) is 13.6. The first-order valence-electron chi connectivity index (χ1n) is 6.87. The van der Waals surface area contributed by atoms with Crippen LogP contribution in [0.3, 0.4) is 0 Å². The molecule has 1 aromatic rings. The molecule has 0 spiro atoms. The van der Waals surface area contributed by atoms with E-state index < -0.39 is 0 Å². The number of rotatable bonds is 3. The smallest absolute Gasteiger partial charge is 0.229 e. The summed E-state index contributed by atoms with van der Waals surface area (Å²) in [5.41, 5.74) is 0.987. The second-order valence-corrected chi connectivity index (χ2v) is 6.81. The van der Waals surface area contributed by atoms with E-state index >= 15 is 0 Å². The number of hydrogen-bond acceptors (Lipinski definition) is 4. The van der Waals surface area contributed by atoms with Crippen molar-refractivity contribution in [2.24, 2.45) is 4.99 Å². The third-order valence-electron chi connectivity index (χ3n) is 3.92. The molecule has 2 atom stereocenters. The van der Waals surface area contributed by atoms with Crippen LogP contribution in [0.2, 0.25) is 0 Å². The molecule has 4 nitrogen and oxygen atoms in total. The fourth-order valence-electron chi connectivity index (χ4n) is 2.44. The summed E-state index contributed by atoms with van der Waals surface area (Å²) in [6, 6.07) is 8.43. The Morgan fingerprint density at radius 3 is 2.95 bits per heavy atom. The number of hydrogen-bond donors (Lipinski definition) is 0. The number of fused-ring (bicyclic) bond motifs is 2. The summed E-state index contributed by atoms with van der Waals surface area (Å²) < 4.78 is 0. The molecule has 1 saturated heterocycles. The van der Waals surface area contributed by atoms with Gasteiger partial charge in [-0.2, -0.15) is 0 Å². The first-order chi connectivity index (χ1) is 9.56. The zero-order valence-corrected chi connectivity index (χ0v) is 12.9. The molecule has 0 aliphatic carbocycles. The predicted molar refractivity (Wildman–Crippen MR) is 82.7 cm³/mol. The van der Waals surface area contributed by atoms with Gasteiger partial charge in [-0.15, -0.1) is 11.8 Å². The highest BCUT2D eigenvalue weighted by Gasteiger charge is 2.40. The summed E-state index contributed by atoms with van der Waals surface area (Å²) in [5, 5.41) is 0.187. The number of amides is 1. The molecule has 0 unspecified atom stereocenters. The Bertz CT molecular complexity index is 570. The molecule has 0 bridgehead atoms. The third kappa shape index (κ3) is 2.36. The summed E-state index contributed by atoms with van der Waals surface area (Å²) >= 11 is 1.76. The van der Waals surface area contributed by atoms with Crippen LogP contribution in [-0.4, -0.2) is 53.5 Å². The molecule has 0 N–H and O–H groups in total. The Morgan fingerprint density at radius 1 is 1.45 bits per heavy atom. The maximum atomic E-state index is 12.3. The van der Waals surface area contributed by atoms with Crippen molar-refractivity contribution in [3.63, 3.8) is 0 Å². The van der Waals surface area contributed by atoms with Crippen molar-refractivity contribution < 1.29 is 4.79 Å². The highest BCUT2D eigenvalue weighted by atomic mass is 32.2. The van der Waals surface area contributed by atoms with Gasteiger partial charge in [0.15, 0.2) is 0 Å². The molecule has 106 valence electrons. The van der Waals surface area contributed by atoms with Gasteiger partial charge < -0.3 is 4.90 Å². The van der Waals surface area contributed by atoms with Gasteiger partial charge in [0.05, 0.1) is 10.9 Å². The van der Waals surface area contributed by atoms with Crippen LogP contribution in [0.25, 0.3) is 0 Å². The largest absolute Gasteiger partial charge is 0.305 e. The highest BCUT2D eigenvalue weighted by Crippen LogP contribution is 2.42. The molecule has 1 amide bonds. The van der Waals surface area contributed by atoms with E-state index in [9.17, 15) is 4.79 Å². The van der Waals surface area contributed by atoms with Crippen molar-refractivity contribution in [2.75, 3.05) is 20.6 Å². The van der Waals surface area contributed by atoms with Gasteiger partial charge in [-0.05, 0) is 33.2 Å². The van der Waals surface area contributed by atoms with Crippen LogP contribution in [0, 0.1) is 0 Å². The lowest BCUT2D eigenvalue weighted by atomic mass is 10.3. The topological polar surface area (TPSA) is 35.9 Å². The molecule has 2 aliphatic rings. The maximum Gasteiger partial charge on any atom is 0.229 e. The Labute approximate surface area is 123 Å². The highest BCUT2D eigenvalue weighted by molar-refractivity contribution is 8.01. The van der Waals surface area contributed by atoms with Crippen molar-refractivity contribution >= 4 is 29.2 Å². The van der Waals surface area contributed by atoms with Crippen molar-refractivity contribution in [3.05, 3.63) is 24.3 Å². The summed E-state index contributed by atoms with van der Waals surface area (Å²) in [7, 11) is 4.07. The number of amidine groups is 1. The van der Waals surface area contributed by atoms with Crippen molar-refractivity contribution in [1.82, 2.24) is 9.80 Å². The zero-order chi connectivity index (χ0) is 14.3. The van der Waals surface area contributed by atoms with E-state index in [1.54, 1.807) is 11.8 Å². The maximum absolute atomic E-state index is 12.3. The minimum absolute atomic E-state index is 0.187. The second kappa shape index (κ2) is 5.22. The first-order valence-corrected chi connectivity index (χ1v) is 7.75. The quantitative estimate of drug-likeness (QED) is 0.857. The second-order valence-electron chi connectivity index (χ2n) is 5.57. The Balaban J connectivity index is 1.89. The lowest BCUT2D eigenvalue weighted by molar-refractivity contribution is -0.126. The van der Waals surface area contributed by atoms with Crippen LogP contribution in [0.1, 0.15) is 13.3 Å². The standard InChI is InChI=1S/C15H19N3OS/c1-10(17(2)3)9-18-14(19)8-13-15(18)16-11-6-4-5-7-12(11)20-13/h4-7,10,13H,8-9H2,1-3H3/t10-,13+/m1/s1. The number of likely N-dealkylation sites (N-methyl/N-ethyl adjacent to an activating group) is 1. The number of thioether (sulfide) groups is 1.